The van der Waals surface area contributed by atoms with Gasteiger partial charge in [0.2, 0.25) is 5.91 Å². The highest BCUT2D eigenvalue weighted by Crippen LogP contribution is 2.44. The molecule has 1 amide bonds. The van der Waals surface area contributed by atoms with E-state index in [0.717, 1.165) is 17.7 Å². The molecule has 0 aromatic heterocycles. The highest BCUT2D eigenvalue weighted by molar-refractivity contribution is 6.07. The van der Waals surface area contributed by atoms with Crippen molar-refractivity contribution in [1.82, 2.24) is 5.32 Å². The molecule has 2 aliphatic rings. The Morgan fingerprint density at radius 1 is 1.21 bits per heavy atom. The van der Waals surface area contributed by atoms with Gasteiger partial charge in [-0.2, -0.15) is 13.2 Å². The molecule has 1 aromatic carbocycles. The molecule has 2 unspecified atom stereocenters. The molecular weight excluding hydrogens is 393 g/mol. The van der Waals surface area contributed by atoms with E-state index in [1.807, 2.05) is 12.1 Å². The van der Waals surface area contributed by atoms with Gasteiger partial charge in [0, 0.05) is 12.2 Å². The predicted molar refractivity (Wildman–Crippen MR) is 97.6 cm³/mol. The van der Waals surface area contributed by atoms with Crippen molar-refractivity contribution in [3.63, 3.8) is 0 Å². The second kappa shape index (κ2) is 7.66. The van der Waals surface area contributed by atoms with Gasteiger partial charge in [0.25, 0.3) is 0 Å². The van der Waals surface area contributed by atoms with Crippen LogP contribution < -0.4 is 10.6 Å². The maximum absolute atomic E-state index is 12.5. The van der Waals surface area contributed by atoms with Gasteiger partial charge in [-0.1, -0.05) is 32.9 Å². The number of aliphatic carboxylic acids is 2. The van der Waals surface area contributed by atoms with E-state index in [1.165, 1.54) is 5.56 Å². The molecule has 1 spiro atoms. The molecule has 160 valence electrons. The molecule has 10 heteroatoms. The zero-order chi connectivity index (χ0) is 22.2. The molecule has 4 N–H and O–H groups in total. The SMILES string of the molecule is CC(C)(C)Cc1ccc2c(c1)C1(CNC(C(=O)O)C1)C(=O)N2.O=C(O)C(F)(F)F. The minimum absolute atomic E-state index is 0.0911. The Morgan fingerprint density at radius 2 is 1.79 bits per heavy atom. The summed E-state index contributed by atoms with van der Waals surface area (Å²) in [6.45, 7) is 6.91. The van der Waals surface area contributed by atoms with Crippen LogP contribution in [0, 0.1) is 5.41 Å². The van der Waals surface area contributed by atoms with E-state index >= 15 is 0 Å². The number of anilines is 1. The van der Waals surface area contributed by atoms with Gasteiger partial charge in [-0.05, 0) is 35.4 Å². The molecule has 0 aliphatic carbocycles. The standard InChI is InChI=1S/C17H22N2O3.C2HF3O2/c1-16(2,3)7-10-4-5-12-11(6-10)17(15(22)19-12)8-13(14(20)21)18-9-17;3-2(4,5)1(6)7/h4-6,13,18H,7-9H2,1-3H3,(H,19,22)(H,20,21);(H,6,7). The van der Waals surface area contributed by atoms with Crippen LogP contribution in [0.4, 0.5) is 18.9 Å². The minimum Gasteiger partial charge on any atom is -0.480 e. The van der Waals surface area contributed by atoms with Crippen LogP contribution in [-0.2, 0) is 26.2 Å². The van der Waals surface area contributed by atoms with Crippen LogP contribution in [-0.4, -0.2) is 46.8 Å². The summed E-state index contributed by atoms with van der Waals surface area (Å²) in [5, 5.41) is 22.2. The van der Waals surface area contributed by atoms with Gasteiger partial charge in [-0.3, -0.25) is 9.59 Å². The molecule has 2 atom stereocenters. The highest BCUT2D eigenvalue weighted by atomic mass is 19.4. The van der Waals surface area contributed by atoms with Crippen molar-refractivity contribution in [2.45, 2.75) is 51.2 Å². The first-order chi connectivity index (χ1) is 13.2. The lowest BCUT2D eigenvalue weighted by atomic mass is 9.78. The van der Waals surface area contributed by atoms with Crippen molar-refractivity contribution in [3.8, 4) is 0 Å². The van der Waals surface area contributed by atoms with Crippen molar-refractivity contribution in [2.75, 3.05) is 11.9 Å². The lowest BCUT2D eigenvalue weighted by Crippen LogP contribution is -2.36. The number of alkyl halides is 3. The normalized spacial score (nSPS) is 23.2. The molecule has 0 bridgehead atoms. The van der Waals surface area contributed by atoms with E-state index in [1.54, 1.807) is 0 Å². The molecule has 1 fully saturated rings. The van der Waals surface area contributed by atoms with Crippen molar-refractivity contribution in [1.29, 1.82) is 0 Å². The number of carbonyl (C=O) groups excluding carboxylic acids is 1. The van der Waals surface area contributed by atoms with E-state index in [4.69, 9.17) is 9.90 Å². The number of carboxylic acid groups (broad SMARTS) is 2. The van der Waals surface area contributed by atoms with Gasteiger partial charge in [0.15, 0.2) is 0 Å². The molecule has 0 radical (unpaired) electrons. The van der Waals surface area contributed by atoms with Gasteiger partial charge < -0.3 is 20.8 Å². The third kappa shape index (κ3) is 5.06. The van der Waals surface area contributed by atoms with Crippen molar-refractivity contribution in [3.05, 3.63) is 29.3 Å². The van der Waals surface area contributed by atoms with E-state index in [0.29, 0.717) is 13.0 Å². The number of hydrogen-bond acceptors (Lipinski definition) is 4. The lowest BCUT2D eigenvalue weighted by Gasteiger charge is -2.22. The molecule has 1 saturated heterocycles. The van der Waals surface area contributed by atoms with Crippen LogP contribution >= 0.6 is 0 Å². The zero-order valence-electron chi connectivity index (χ0n) is 16.2. The second-order valence-electron chi connectivity index (χ2n) is 8.43. The fraction of sp³-hybridized carbons (Fsp3) is 0.526. The van der Waals surface area contributed by atoms with Crippen LogP contribution in [0.1, 0.15) is 38.3 Å². The molecule has 29 heavy (non-hydrogen) atoms. The summed E-state index contributed by atoms with van der Waals surface area (Å²) < 4.78 is 31.7. The van der Waals surface area contributed by atoms with E-state index < -0.39 is 29.6 Å². The first-order valence-corrected chi connectivity index (χ1v) is 8.87. The van der Waals surface area contributed by atoms with Gasteiger partial charge in [-0.25, -0.2) is 4.79 Å². The number of nitrogens with one attached hydrogen (secondary N) is 2. The number of fused-ring (bicyclic) bond motifs is 2. The smallest absolute Gasteiger partial charge is 0.480 e. The Labute approximate surface area is 165 Å². The summed E-state index contributed by atoms with van der Waals surface area (Å²) in [4.78, 5) is 32.6. The van der Waals surface area contributed by atoms with E-state index in [-0.39, 0.29) is 11.3 Å². The molecule has 0 saturated carbocycles. The largest absolute Gasteiger partial charge is 0.490 e. The maximum Gasteiger partial charge on any atom is 0.490 e. The maximum atomic E-state index is 12.5. The van der Waals surface area contributed by atoms with Crippen molar-refractivity contribution in [2.24, 2.45) is 5.41 Å². The van der Waals surface area contributed by atoms with Crippen molar-refractivity contribution >= 4 is 23.5 Å². The summed E-state index contributed by atoms with van der Waals surface area (Å²) in [6, 6.07) is 5.39. The molecule has 2 heterocycles. The lowest BCUT2D eigenvalue weighted by molar-refractivity contribution is -0.192. The molecule has 2 aliphatic heterocycles. The van der Waals surface area contributed by atoms with Crippen LogP contribution in [0.15, 0.2) is 18.2 Å². The Bertz CT molecular complexity index is 832. The highest BCUT2D eigenvalue weighted by Gasteiger charge is 2.53. The third-order valence-electron chi connectivity index (χ3n) is 4.76. The average Bonchev–Trinajstić information content (AvgIpc) is 3.11. The zero-order valence-corrected chi connectivity index (χ0v) is 16.2. The van der Waals surface area contributed by atoms with Gasteiger partial charge in [0.1, 0.15) is 6.04 Å². The Hall–Kier alpha value is -2.62. The van der Waals surface area contributed by atoms with Gasteiger partial charge >= 0.3 is 18.1 Å². The van der Waals surface area contributed by atoms with E-state index in [2.05, 4.69) is 37.5 Å². The predicted octanol–water partition coefficient (Wildman–Crippen LogP) is 2.54. The third-order valence-corrected chi connectivity index (χ3v) is 4.76. The summed E-state index contributed by atoms with van der Waals surface area (Å²) in [6.07, 6.45) is -3.86. The number of amides is 1. The Balaban J connectivity index is 0.000000370. The number of carbonyl (C=O) groups is 3. The fourth-order valence-electron chi connectivity index (χ4n) is 3.53. The monoisotopic (exact) mass is 416 g/mol. The molecular formula is C19H23F3N2O5. The number of rotatable bonds is 2. The van der Waals surface area contributed by atoms with E-state index in [9.17, 15) is 27.9 Å². The average molecular weight is 416 g/mol. The minimum atomic E-state index is -5.08. The molecule has 3 rings (SSSR count). The quantitative estimate of drug-likeness (QED) is 0.589. The second-order valence-corrected chi connectivity index (χ2v) is 8.43. The Kier molecular flexibility index (Phi) is 5.99. The molecule has 7 nitrogen and oxygen atoms in total. The number of hydrogen-bond donors (Lipinski definition) is 4. The number of halogens is 3. The van der Waals surface area contributed by atoms with Crippen LogP contribution in [0.3, 0.4) is 0 Å². The van der Waals surface area contributed by atoms with Crippen LogP contribution in [0.25, 0.3) is 0 Å². The summed E-state index contributed by atoms with van der Waals surface area (Å²) in [5.41, 5.74) is 2.35. The van der Waals surface area contributed by atoms with Gasteiger partial charge in [0.05, 0.1) is 5.41 Å². The Morgan fingerprint density at radius 3 is 2.24 bits per heavy atom. The summed E-state index contributed by atoms with van der Waals surface area (Å²) in [7, 11) is 0. The van der Waals surface area contributed by atoms with Crippen LogP contribution in [0.5, 0.6) is 0 Å². The topological polar surface area (TPSA) is 116 Å². The van der Waals surface area contributed by atoms with Crippen molar-refractivity contribution < 1.29 is 37.8 Å². The summed E-state index contributed by atoms with van der Waals surface area (Å²) >= 11 is 0. The molecule has 1 aromatic rings. The fourth-order valence-corrected chi connectivity index (χ4v) is 3.53. The number of benzene rings is 1. The van der Waals surface area contributed by atoms with Gasteiger partial charge in [-0.15, -0.1) is 0 Å². The summed E-state index contributed by atoms with van der Waals surface area (Å²) in [5.74, 6) is -3.75. The number of carboxylic acids is 2. The first kappa shape index (κ1) is 22.7. The van der Waals surface area contributed by atoms with Crippen LogP contribution in [0.2, 0.25) is 0 Å². The first-order valence-electron chi connectivity index (χ1n) is 8.87.